The zero-order chi connectivity index (χ0) is 27.6. The van der Waals surface area contributed by atoms with Gasteiger partial charge in [-0.2, -0.15) is 0 Å². The average Bonchev–Trinajstić information content (AvgIpc) is 2.91. The van der Waals surface area contributed by atoms with E-state index in [0.29, 0.717) is 11.1 Å². The van der Waals surface area contributed by atoms with E-state index in [0.717, 1.165) is 16.7 Å². The van der Waals surface area contributed by atoms with Crippen molar-refractivity contribution in [1.82, 2.24) is 4.90 Å². The van der Waals surface area contributed by atoms with Crippen LogP contribution in [0, 0.1) is 10.1 Å². The van der Waals surface area contributed by atoms with Crippen molar-refractivity contribution in [3.05, 3.63) is 124 Å². The molecule has 10 nitrogen and oxygen atoms in total. The minimum Gasteiger partial charge on any atom is -0.448 e. The first-order valence-electron chi connectivity index (χ1n) is 11.9. The van der Waals surface area contributed by atoms with Crippen molar-refractivity contribution in [3.8, 4) is 5.75 Å². The van der Waals surface area contributed by atoms with Gasteiger partial charge in [-0.15, -0.1) is 0 Å². The lowest BCUT2D eigenvalue weighted by molar-refractivity contribution is -0.440. The molecule has 0 saturated carbocycles. The molecule has 2 atom stereocenters. The highest BCUT2D eigenvalue weighted by Crippen LogP contribution is 2.51. The van der Waals surface area contributed by atoms with Crippen LogP contribution in [-0.2, 0) is 19.1 Å². The van der Waals surface area contributed by atoms with E-state index in [4.69, 9.17) is 14.2 Å². The van der Waals surface area contributed by atoms with E-state index in [-0.39, 0.29) is 12.2 Å². The number of fused-ring (bicyclic) bond motifs is 1. The average molecular weight is 547 g/mol. The number of amides is 1. The van der Waals surface area contributed by atoms with Crippen LogP contribution in [0.1, 0.15) is 30.6 Å². The number of carbonyl (C=O) groups excluding carboxylic acids is 3. The smallest absolute Gasteiger partial charge is 0.448 e. The Morgan fingerprint density at radius 1 is 0.974 bits per heavy atom. The van der Waals surface area contributed by atoms with Gasteiger partial charge in [-0.3, -0.25) is 19.8 Å². The second-order valence-corrected chi connectivity index (χ2v) is 10.4. The second kappa shape index (κ2) is 10.6. The molecule has 1 amide bonds. The number of β-lactam (4-membered cyclic amide) rings is 1. The van der Waals surface area contributed by atoms with Crippen LogP contribution in [0.3, 0.4) is 0 Å². The number of nitro groups is 1. The van der Waals surface area contributed by atoms with Gasteiger partial charge in [-0.1, -0.05) is 90.6 Å². The number of esters is 1. The number of benzene rings is 3. The van der Waals surface area contributed by atoms with Gasteiger partial charge in [-0.05, 0) is 30.2 Å². The predicted molar refractivity (Wildman–Crippen MR) is 140 cm³/mol. The van der Waals surface area contributed by atoms with E-state index in [9.17, 15) is 24.5 Å². The molecule has 0 spiro atoms. The van der Waals surface area contributed by atoms with Gasteiger partial charge in [0, 0.05) is 0 Å². The highest BCUT2D eigenvalue weighted by Gasteiger charge is 2.61. The lowest BCUT2D eigenvalue weighted by atomic mass is 10.0. The summed E-state index contributed by atoms with van der Waals surface area (Å²) >= 11 is 0.870. The van der Waals surface area contributed by atoms with Crippen LogP contribution < -0.4 is 4.74 Å². The zero-order valence-corrected chi connectivity index (χ0v) is 21.4. The molecule has 0 radical (unpaired) electrons. The molecule has 0 bridgehead atoms. The number of ether oxygens (including phenoxy) is 3. The molecular formula is C28H22N2O8S. The molecule has 1 fully saturated rings. The van der Waals surface area contributed by atoms with Gasteiger partial charge in [0.15, 0.2) is 6.10 Å². The minimum atomic E-state index is -1.96. The molecular weight excluding hydrogens is 524 g/mol. The van der Waals surface area contributed by atoms with E-state index in [2.05, 4.69) is 0 Å². The van der Waals surface area contributed by atoms with Crippen molar-refractivity contribution in [1.29, 1.82) is 0 Å². The van der Waals surface area contributed by atoms with Gasteiger partial charge in [-0.25, -0.2) is 9.59 Å². The first-order valence-corrected chi connectivity index (χ1v) is 12.8. The normalized spacial score (nSPS) is 20.1. The van der Waals surface area contributed by atoms with Crippen LogP contribution in [0.2, 0.25) is 0 Å². The van der Waals surface area contributed by atoms with Crippen molar-refractivity contribution in [2.45, 2.75) is 29.8 Å². The van der Waals surface area contributed by atoms with Gasteiger partial charge in [0.2, 0.25) is 11.6 Å². The molecule has 2 heterocycles. The third-order valence-electron chi connectivity index (χ3n) is 6.19. The lowest BCUT2D eigenvalue weighted by Gasteiger charge is -2.46. The second-order valence-electron chi connectivity index (χ2n) is 8.81. The summed E-state index contributed by atoms with van der Waals surface area (Å²) in [6.45, 7) is 1.29. The third kappa shape index (κ3) is 5.21. The Morgan fingerprint density at radius 2 is 1.51 bits per heavy atom. The van der Waals surface area contributed by atoms with Crippen LogP contribution in [0.5, 0.6) is 5.75 Å². The zero-order valence-electron chi connectivity index (χ0n) is 20.6. The number of nitrogens with zero attached hydrogens (tertiary/aromatic N) is 2. The largest absolute Gasteiger partial charge is 0.515 e. The number of hydrogen-bond donors (Lipinski definition) is 0. The summed E-state index contributed by atoms with van der Waals surface area (Å²) in [5, 5.41) is 11.7. The molecule has 1 unspecified atom stereocenters. The maximum atomic E-state index is 13.7. The summed E-state index contributed by atoms with van der Waals surface area (Å²) in [6.07, 6.45) is -2.12. The molecule has 3 aromatic carbocycles. The number of thioether (sulfide) groups is 1. The summed E-state index contributed by atoms with van der Waals surface area (Å²) in [4.78, 5) is 49.6. The van der Waals surface area contributed by atoms with E-state index in [1.807, 2.05) is 0 Å². The Labute approximate surface area is 227 Å². The molecule has 198 valence electrons. The number of carbonyl (C=O) groups is 3. The van der Waals surface area contributed by atoms with E-state index >= 15 is 0 Å². The van der Waals surface area contributed by atoms with Crippen molar-refractivity contribution >= 4 is 29.8 Å². The highest BCUT2D eigenvalue weighted by molar-refractivity contribution is 8.01. The molecule has 2 aliphatic rings. The first-order chi connectivity index (χ1) is 18.8. The summed E-state index contributed by atoms with van der Waals surface area (Å²) in [5.41, 5.74) is -0.108. The summed E-state index contributed by atoms with van der Waals surface area (Å²) < 4.78 is 16.5. The molecule has 11 heteroatoms. The van der Waals surface area contributed by atoms with Gasteiger partial charge in [0.1, 0.15) is 5.75 Å². The fourth-order valence-electron chi connectivity index (χ4n) is 4.43. The molecule has 0 aromatic heterocycles. The Bertz CT molecular complexity index is 1410. The molecule has 0 N–H and O–H groups in total. The fraction of sp³-hybridized carbons (Fsp3) is 0.179. The van der Waals surface area contributed by atoms with Crippen molar-refractivity contribution in [2.24, 2.45) is 0 Å². The van der Waals surface area contributed by atoms with Crippen LogP contribution in [0.15, 0.2) is 102 Å². The maximum Gasteiger partial charge on any atom is 0.515 e. The standard InChI is InChI=1S/C28H22N2O8S/c1-28(38-27(33)36-20-15-9-4-10-16-20)25(30(34)35)23(29-21(31)17-22(29)39-28)26(32)37-24(18-11-5-2-6-12-18)19-13-7-3-8-14-19/h2-16,22,24H,17H2,1H3/t22-,28?/m1/s1. The fourth-order valence-corrected chi connectivity index (χ4v) is 5.90. The summed E-state index contributed by atoms with van der Waals surface area (Å²) in [7, 11) is 0. The molecule has 0 aliphatic carbocycles. The quantitative estimate of drug-likeness (QED) is 0.132. The van der Waals surface area contributed by atoms with E-state index in [1.165, 1.54) is 19.1 Å². The molecule has 39 heavy (non-hydrogen) atoms. The van der Waals surface area contributed by atoms with Gasteiger partial charge >= 0.3 is 17.8 Å². The van der Waals surface area contributed by atoms with E-state index < -0.39 is 50.8 Å². The van der Waals surface area contributed by atoms with Gasteiger partial charge < -0.3 is 14.2 Å². The topological polar surface area (TPSA) is 125 Å². The van der Waals surface area contributed by atoms with Crippen LogP contribution in [0.25, 0.3) is 0 Å². The van der Waals surface area contributed by atoms with Gasteiger partial charge in [0.25, 0.3) is 4.93 Å². The Morgan fingerprint density at radius 3 is 2.03 bits per heavy atom. The van der Waals surface area contributed by atoms with Crippen LogP contribution in [-0.4, -0.2) is 38.2 Å². The first kappa shape index (κ1) is 26.0. The number of para-hydroxylation sites is 1. The monoisotopic (exact) mass is 546 g/mol. The molecule has 5 rings (SSSR count). The summed E-state index contributed by atoms with van der Waals surface area (Å²) in [5.74, 6) is -1.40. The molecule has 1 saturated heterocycles. The van der Waals surface area contributed by atoms with Crippen molar-refractivity contribution in [2.75, 3.05) is 0 Å². The number of rotatable bonds is 7. The Hall–Kier alpha value is -4.64. The molecule has 2 aliphatic heterocycles. The highest BCUT2D eigenvalue weighted by atomic mass is 32.2. The van der Waals surface area contributed by atoms with Crippen LogP contribution in [0.4, 0.5) is 4.79 Å². The summed E-state index contributed by atoms with van der Waals surface area (Å²) in [6, 6.07) is 25.8. The van der Waals surface area contributed by atoms with Crippen molar-refractivity contribution < 1.29 is 33.5 Å². The lowest BCUT2D eigenvalue weighted by Crippen LogP contribution is -2.59. The molecule has 3 aromatic rings. The minimum absolute atomic E-state index is 0.0000764. The Kier molecular flexibility index (Phi) is 7.07. The third-order valence-corrected chi connectivity index (χ3v) is 7.57. The Balaban J connectivity index is 1.52. The van der Waals surface area contributed by atoms with Crippen LogP contribution >= 0.6 is 11.8 Å². The van der Waals surface area contributed by atoms with Gasteiger partial charge in [0.05, 0.1) is 16.7 Å². The predicted octanol–water partition coefficient (Wildman–Crippen LogP) is 5.04. The van der Waals surface area contributed by atoms with Crippen molar-refractivity contribution in [3.63, 3.8) is 0 Å². The van der Waals surface area contributed by atoms with E-state index in [1.54, 1.807) is 78.9 Å². The maximum absolute atomic E-state index is 13.7. The SMILES string of the molecule is CC1(OC(=O)Oc2ccccc2)S[C@@H]2CC(=O)N2C(C(=O)OC(c2ccccc2)c2ccccc2)=C1[N+](=O)[O-]. The number of hydrogen-bond acceptors (Lipinski definition) is 9.